The first-order valence-electron chi connectivity index (χ1n) is 9.44. The number of nitrogens with one attached hydrogen (secondary N) is 1. The third-order valence-electron chi connectivity index (χ3n) is 4.75. The van der Waals surface area contributed by atoms with Gasteiger partial charge in [0.1, 0.15) is 0 Å². The summed E-state index contributed by atoms with van der Waals surface area (Å²) in [4.78, 5) is 13.3. The first kappa shape index (κ1) is 21.0. The SMILES string of the molecule is O=C(Nc1nnc(-c2ccc(Cl)s2)o1)c1ccc(S(=O)(=O)N2CCCCCC2)cc1. The van der Waals surface area contributed by atoms with E-state index < -0.39 is 15.9 Å². The number of thiophene rings is 1. The molecule has 8 nitrogen and oxygen atoms in total. The van der Waals surface area contributed by atoms with Gasteiger partial charge in [0.15, 0.2) is 0 Å². The number of amides is 1. The maximum atomic E-state index is 12.8. The van der Waals surface area contributed by atoms with Crippen molar-refractivity contribution < 1.29 is 17.6 Å². The summed E-state index contributed by atoms with van der Waals surface area (Å²) in [6.07, 6.45) is 3.82. The topological polar surface area (TPSA) is 105 Å². The predicted molar refractivity (Wildman–Crippen MR) is 114 cm³/mol. The van der Waals surface area contributed by atoms with E-state index in [0.29, 0.717) is 22.3 Å². The summed E-state index contributed by atoms with van der Waals surface area (Å²) in [5, 5.41) is 10.2. The first-order chi connectivity index (χ1) is 14.4. The second-order valence-corrected chi connectivity index (χ2v) is 10.5. The van der Waals surface area contributed by atoms with E-state index >= 15 is 0 Å². The summed E-state index contributed by atoms with van der Waals surface area (Å²) in [6.45, 7) is 1.05. The zero-order chi connectivity index (χ0) is 21.1. The Morgan fingerprint density at radius 3 is 2.37 bits per heavy atom. The Labute approximate surface area is 182 Å². The van der Waals surface area contributed by atoms with Crippen molar-refractivity contribution in [2.75, 3.05) is 18.4 Å². The van der Waals surface area contributed by atoms with Crippen molar-refractivity contribution in [2.45, 2.75) is 30.6 Å². The summed E-state index contributed by atoms with van der Waals surface area (Å²) >= 11 is 7.18. The van der Waals surface area contributed by atoms with Gasteiger partial charge in [-0.05, 0) is 49.2 Å². The molecule has 4 rings (SSSR count). The number of hydrogen-bond donors (Lipinski definition) is 1. The van der Waals surface area contributed by atoms with Crippen molar-refractivity contribution in [2.24, 2.45) is 0 Å². The van der Waals surface area contributed by atoms with E-state index in [0.717, 1.165) is 25.7 Å². The fourth-order valence-corrected chi connectivity index (χ4v) is 5.66. The van der Waals surface area contributed by atoms with Crippen LogP contribution < -0.4 is 5.32 Å². The highest BCUT2D eigenvalue weighted by atomic mass is 35.5. The molecule has 1 N–H and O–H groups in total. The number of benzene rings is 1. The van der Waals surface area contributed by atoms with Gasteiger partial charge in [-0.3, -0.25) is 10.1 Å². The molecule has 158 valence electrons. The van der Waals surface area contributed by atoms with Crippen molar-refractivity contribution in [3.05, 3.63) is 46.3 Å². The fraction of sp³-hybridized carbons (Fsp3) is 0.316. The zero-order valence-electron chi connectivity index (χ0n) is 15.9. The molecule has 1 saturated heterocycles. The van der Waals surface area contributed by atoms with Crippen molar-refractivity contribution in [1.29, 1.82) is 0 Å². The number of anilines is 1. The van der Waals surface area contributed by atoms with Crippen LogP contribution >= 0.6 is 22.9 Å². The summed E-state index contributed by atoms with van der Waals surface area (Å²) in [5.41, 5.74) is 0.281. The highest BCUT2D eigenvalue weighted by molar-refractivity contribution is 7.89. The summed E-state index contributed by atoms with van der Waals surface area (Å²) in [7, 11) is -3.56. The molecule has 30 heavy (non-hydrogen) atoms. The number of sulfonamides is 1. The number of carbonyl (C=O) groups excluding carboxylic acids is 1. The lowest BCUT2D eigenvalue weighted by molar-refractivity contribution is 0.102. The molecule has 0 saturated carbocycles. The first-order valence-corrected chi connectivity index (χ1v) is 12.1. The Morgan fingerprint density at radius 2 is 1.73 bits per heavy atom. The zero-order valence-corrected chi connectivity index (χ0v) is 18.3. The maximum absolute atomic E-state index is 12.8. The third-order valence-corrected chi connectivity index (χ3v) is 7.88. The van der Waals surface area contributed by atoms with Gasteiger partial charge in [0.05, 0.1) is 14.1 Å². The number of aromatic nitrogens is 2. The summed E-state index contributed by atoms with van der Waals surface area (Å²) < 4.78 is 33.2. The van der Waals surface area contributed by atoms with Crippen LogP contribution in [-0.2, 0) is 10.0 Å². The number of carbonyl (C=O) groups is 1. The van der Waals surface area contributed by atoms with E-state index in [9.17, 15) is 13.2 Å². The normalized spacial score (nSPS) is 15.6. The number of rotatable bonds is 5. The minimum atomic E-state index is -3.56. The monoisotopic (exact) mass is 466 g/mol. The lowest BCUT2D eigenvalue weighted by Gasteiger charge is -2.19. The van der Waals surface area contributed by atoms with E-state index in [1.54, 1.807) is 12.1 Å². The van der Waals surface area contributed by atoms with Gasteiger partial charge in [-0.15, -0.1) is 16.4 Å². The van der Waals surface area contributed by atoms with Gasteiger partial charge in [-0.1, -0.05) is 29.5 Å². The lowest BCUT2D eigenvalue weighted by Crippen LogP contribution is -2.31. The molecular formula is C19H19ClN4O4S2. The molecular weight excluding hydrogens is 448 g/mol. The van der Waals surface area contributed by atoms with Crippen LogP contribution in [0.3, 0.4) is 0 Å². The van der Waals surface area contributed by atoms with Gasteiger partial charge in [0.25, 0.3) is 11.8 Å². The maximum Gasteiger partial charge on any atom is 0.322 e. The molecule has 1 fully saturated rings. The smallest absolute Gasteiger partial charge is 0.322 e. The standard InChI is InChI=1S/C19H19ClN4O4S2/c20-16-10-9-15(29-16)18-22-23-19(28-18)21-17(25)13-5-7-14(8-6-13)30(26,27)24-11-3-1-2-4-12-24/h5-10H,1-4,11-12H2,(H,21,23,25). The minimum absolute atomic E-state index is 0.0548. The van der Waals surface area contributed by atoms with Crippen LogP contribution in [0, 0.1) is 0 Å². The Bertz CT molecular complexity index is 1130. The van der Waals surface area contributed by atoms with Gasteiger partial charge in [-0.25, -0.2) is 8.42 Å². The molecule has 0 aliphatic carbocycles. The molecule has 11 heteroatoms. The average Bonchev–Trinajstić information content (AvgIpc) is 3.28. The van der Waals surface area contributed by atoms with Crippen LogP contribution in [0.4, 0.5) is 6.01 Å². The average molecular weight is 467 g/mol. The van der Waals surface area contributed by atoms with Gasteiger partial charge < -0.3 is 4.42 Å². The van der Waals surface area contributed by atoms with Crippen LogP contribution in [-0.4, -0.2) is 41.9 Å². The summed E-state index contributed by atoms with van der Waals surface area (Å²) in [6, 6.07) is 9.23. The van der Waals surface area contributed by atoms with Crippen LogP contribution in [0.15, 0.2) is 45.7 Å². The van der Waals surface area contributed by atoms with E-state index in [4.69, 9.17) is 16.0 Å². The van der Waals surface area contributed by atoms with Crippen molar-refractivity contribution >= 4 is 44.9 Å². The van der Waals surface area contributed by atoms with E-state index in [-0.39, 0.29) is 22.4 Å². The molecule has 0 unspecified atom stereocenters. The quantitative estimate of drug-likeness (QED) is 0.602. The molecule has 1 aromatic carbocycles. The van der Waals surface area contributed by atoms with Crippen molar-refractivity contribution in [3.8, 4) is 10.8 Å². The van der Waals surface area contributed by atoms with E-state index in [1.165, 1.54) is 39.9 Å². The molecule has 1 aliphatic heterocycles. The third kappa shape index (κ3) is 4.56. The molecule has 0 spiro atoms. The lowest BCUT2D eigenvalue weighted by atomic mass is 10.2. The molecule has 2 aromatic heterocycles. The highest BCUT2D eigenvalue weighted by Gasteiger charge is 2.25. The second kappa shape index (κ2) is 8.84. The second-order valence-electron chi connectivity index (χ2n) is 6.81. The predicted octanol–water partition coefficient (Wildman–Crippen LogP) is 4.27. The minimum Gasteiger partial charge on any atom is -0.402 e. The van der Waals surface area contributed by atoms with Crippen LogP contribution in [0.5, 0.6) is 0 Å². The Balaban J connectivity index is 1.45. The molecule has 0 bridgehead atoms. The molecule has 1 aliphatic rings. The molecule has 3 aromatic rings. The Kier molecular flexibility index (Phi) is 6.19. The van der Waals surface area contributed by atoms with Crippen molar-refractivity contribution in [1.82, 2.24) is 14.5 Å². The Hall–Kier alpha value is -2.27. The molecule has 1 amide bonds. The fourth-order valence-electron chi connectivity index (χ4n) is 3.18. The molecule has 0 radical (unpaired) electrons. The summed E-state index contributed by atoms with van der Waals surface area (Å²) in [5.74, 6) is -0.228. The van der Waals surface area contributed by atoms with Gasteiger partial charge >= 0.3 is 6.01 Å². The van der Waals surface area contributed by atoms with Crippen LogP contribution in [0.2, 0.25) is 4.34 Å². The number of nitrogens with zero attached hydrogens (tertiary/aromatic N) is 3. The van der Waals surface area contributed by atoms with Gasteiger partial charge in [-0.2, -0.15) is 4.31 Å². The van der Waals surface area contributed by atoms with Crippen LogP contribution in [0.1, 0.15) is 36.0 Å². The van der Waals surface area contributed by atoms with E-state index in [2.05, 4.69) is 15.5 Å². The molecule has 0 atom stereocenters. The Morgan fingerprint density at radius 1 is 1.03 bits per heavy atom. The largest absolute Gasteiger partial charge is 0.402 e. The molecule has 3 heterocycles. The van der Waals surface area contributed by atoms with Gasteiger partial charge in [0.2, 0.25) is 10.0 Å². The van der Waals surface area contributed by atoms with Crippen molar-refractivity contribution in [3.63, 3.8) is 0 Å². The number of hydrogen-bond acceptors (Lipinski definition) is 7. The van der Waals surface area contributed by atoms with E-state index in [1.807, 2.05) is 0 Å². The van der Waals surface area contributed by atoms with Crippen LogP contribution in [0.25, 0.3) is 10.8 Å². The number of halogens is 1. The highest BCUT2D eigenvalue weighted by Crippen LogP contribution is 2.30. The van der Waals surface area contributed by atoms with Gasteiger partial charge in [0, 0.05) is 18.7 Å².